The standard InChI is InChI=1S/C11H14ClN3O3/c1-7(13)4-5-14-11(16)9-6-8(12)2-3-10(9)15(17)18/h2-3,6-7H,4-5,13H2,1H3,(H,14,16). The highest BCUT2D eigenvalue weighted by molar-refractivity contribution is 6.31. The number of nitrogens with two attached hydrogens (primary N) is 1. The molecule has 6 nitrogen and oxygen atoms in total. The van der Waals surface area contributed by atoms with E-state index in [9.17, 15) is 14.9 Å². The number of nitro groups is 1. The van der Waals surface area contributed by atoms with E-state index in [1.165, 1.54) is 18.2 Å². The van der Waals surface area contributed by atoms with Crippen molar-refractivity contribution in [2.75, 3.05) is 6.54 Å². The quantitative estimate of drug-likeness (QED) is 0.629. The molecule has 0 aliphatic carbocycles. The summed E-state index contributed by atoms with van der Waals surface area (Å²) < 4.78 is 0. The molecular formula is C11H14ClN3O3. The predicted octanol–water partition coefficient (Wildman–Crippen LogP) is 1.72. The van der Waals surface area contributed by atoms with Crippen molar-refractivity contribution in [3.8, 4) is 0 Å². The summed E-state index contributed by atoms with van der Waals surface area (Å²) in [5, 5.41) is 13.6. The highest BCUT2D eigenvalue weighted by Gasteiger charge is 2.20. The number of nitrogens with one attached hydrogen (secondary N) is 1. The molecule has 1 unspecified atom stereocenters. The number of nitro benzene ring substituents is 1. The number of rotatable bonds is 5. The average molecular weight is 272 g/mol. The molecule has 1 amide bonds. The molecule has 0 aliphatic heterocycles. The Kier molecular flexibility index (Phi) is 5.06. The van der Waals surface area contributed by atoms with Crippen LogP contribution >= 0.6 is 11.6 Å². The predicted molar refractivity (Wildman–Crippen MR) is 68.7 cm³/mol. The first-order chi connectivity index (χ1) is 8.41. The van der Waals surface area contributed by atoms with Gasteiger partial charge in [0, 0.05) is 23.7 Å². The fourth-order valence-electron chi connectivity index (χ4n) is 1.36. The second-order valence-electron chi connectivity index (χ2n) is 3.94. The molecule has 18 heavy (non-hydrogen) atoms. The Labute approximate surface area is 109 Å². The van der Waals surface area contributed by atoms with Crippen LogP contribution < -0.4 is 11.1 Å². The molecule has 0 heterocycles. The van der Waals surface area contributed by atoms with E-state index in [2.05, 4.69) is 5.32 Å². The van der Waals surface area contributed by atoms with Crippen molar-refractivity contribution >= 4 is 23.2 Å². The molecule has 0 radical (unpaired) electrons. The zero-order chi connectivity index (χ0) is 13.7. The molecule has 0 bridgehead atoms. The van der Waals surface area contributed by atoms with E-state index < -0.39 is 10.8 Å². The van der Waals surface area contributed by atoms with E-state index in [1.54, 1.807) is 0 Å². The van der Waals surface area contributed by atoms with Gasteiger partial charge in [-0.3, -0.25) is 14.9 Å². The normalized spacial score (nSPS) is 11.9. The van der Waals surface area contributed by atoms with Crippen LogP contribution in [0.15, 0.2) is 18.2 Å². The lowest BCUT2D eigenvalue weighted by Crippen LogP contribution is -2.29. The lowest BCUT2D eigenvalue weighted by molar-refractivity contribution is -0.385. The Morgan fingerprint density at radius 2 is 2.28 bits per heavy atom. The van der Waals surface area contributed by atoms with Crippen LogP contribution in [-0.4, -0.2) is 23.4 Å². The molecule has 1 aromatic carbocycles. The van der Waals surface area contributed by atoms with Gasteiger partial charge in [0.25, 0.3) is 11.6 Å². The summed E-state index contributed by atoms with van der Waals surface area (Å²) in [7, 11) is 0. The maximum Gasteiger partial charge on any atom is 0.282 e. The van der Waals surface area contributed by atoms with Gasteiger partial charge >= 0.3 is 0 Å². The number of amides is 1. The lowest BCUT2D eigenvalue weighted by atomic mass is 10.1. The van der Waals surface area contributed by atoms with Gasteiger partial charge in [0.1, 0.15) is 5.56 Å². The van der Waals surface area contributed by atoms with Gasteiger partial charge < -0.3 is 11.1 Å². The van der Waals surface area contributed by atoms with Crippen molar-refractivity contribution < 1.29 is 9.72 Å². The Hall–Kier alpha value is -1.66. The first kappa shape index (κ1) is 14.4. The number of hydrogen-bond acceptors (Lipinski definition) is 4. The van der Waals surface area contributed by atoms with Crippen molar-refractivity contribution in [2.45, 2.75) is 19.4 Å². The van der Waals surface area contributed by atoms with Crippen LogP contribution in [0.5, 0.6) is 0 Å². The third-order valence-electron chi connectivity index (χ3n) is 2.29. The molecule has 0 fully saturated rings. The molecule has 0 aliphatic rings. The Morgan fingerprint density at radius 3 is 2.83 bits per heavy atom. The van der Waals surface area contributed by atoms with Crippen molar-refractivity contribution in [3.05, 3.63) is 38.9 Å². The molecule has 1 aromatic rings. The van der Waals surface area contributed by atoms with Crippen LogP contribution in [0.3, 0.4) is 0 Å². The number of carbonyl (C=O) groups is 1. The first-order valence-electron chi connectivity index (χ1n) is 5.39. The Bertz CT molecular complexity index is 463. The SMILES string of the molecule is CC(N)CCNC(=O)c1cc(Cl)ccc1[N+](=O)[O-]. The van der Waals surface area contributed by atoms with Crippen molar-refractivity contribution in [1.82, 2.24) is 5.32 Å². The zero-order valence-corrected chi connectivity index (χ0v) is 10.6. The molecular weight excluding hydrogens is 258 g/mol. The van der Waals surface area contributed by atoms with E-state index in [1.807, 2.05) is 6.92 Å². The Morgan fingerprint density at radius 1 is 1.61 bits per heavy atom. The average Bonchev–Trinajstić information content (AvgIpc) is 2.27. The number of halogens is 1. The van der Waals surface area contributed by atoms with Gasteiger partial charge in [0.05, 0.1) is 4.92 Å². The topological polar surface area (TPSA) is 98.3 Å². The molecule has 1 atom stereocenters. The maximum atomic E-state index is 11.8. The number of nitrogens with zero attached hydrogens (tertiary/aromatic N) is 1. The van der Waals surface area contributed by atoms with Gasteiger partial charge in [-0.1, -0.05) is 11.6 Å². The van der Waals surface area contributed by atoms with Crippen molar-refractivity contribution in [1.29, 1.82) is 0 Å². The third-order valence-corrected chi connectivity index (χ3v) is 2.52. The summed E-state index contributed by atoms with van der Waals surface area (Å²) in [6, 6.07) is 3.82. The summed E-state index contributed by atoms with van der Waals surface area (Å²) in [5.74, 6) is -0.523. The molecule has 0 spiro atoms. The maximum absolute atomic E-state index is 11.8. The van der Waals surface area contributed by atoms with Gasteiger partial charge in [-0.15, -0.1) is 0 Å². The van der Waals surface area contributed by atoms with Crippen LogP contribution in [0.1, 0.15) is 23.7 Å². The molecule has 0 aromatic heterocycles. The van der Waals surface area contributed by atoms with E-state index in [-0.39, 0.29) is 22.3 Å². The van der Waals surface area contributed by atoms with Crippen LogP contribution in [-0.2, 0) is 0 Å². The van der Waals surface area contributed by atoms with E-state index >= 15 is 0 Å². The minimum Gasteiger partial charge on any atom is -0.352 e. The molecule has 0 saturated carbocycles. The van der Waals surface area contributed by atoms with Gasteiger partial charge in [-0.2, -0.15) is 0 Å². The number of benzene rings is 1. The van der Waals surface area contributed by atoms with Gasteiger partial charge in [0.15, 0.2) is 0 Å². The van der Waals surface area contributed by atoms with Gasteiger partial charge in [-0.25, -0.2) is 0 Å². The first-order valence-corrected chi connectivity index (χ1v) is 5.77. The van der Waals surface area contributed by atoms with Crippen LogP contribution in [0.4, 0.5) is 5.69 Å². The summed E-state index contributed by atoms with van der Waals surface area (Å²) in [4.78, 5) is 22.0. The molecule has 0 saturated heterocycles. The molecule has 7 heteroatoms. The van der Waals surface area contributed by atoms with E-state index in [4.69, 9.17) is 17.3 Å². The summed E-state index contributed by atoms with van der Waals surface area (Å²) in [6.45, 7) is 2.17. The van der Waals surface area contributed by atoms with E-state index in [0.717, 1.165) is 0 Å². The number of hydrogen-bond donors (Lipinski definition) is 2. The van der Waals surface area contributed by atoms with Crippen molar-refractivity contribution in [3.63, 3.8) is 0 Å². The molecule has 1 rings (SSSR count). The van der Waals surface area contributed by atoms with E-state index in [0.29, 0.717) is 13.0 Å². The highest BCUT2D eigenvalue weighted by Crippen LogP contribution is 2.22. The highest BCUT2D eigenvalue weighted by atomic mass is 35.5. The monoisotopic (exact) mass is 271 g/mol. The smallest absolute Gasteiger partial charge is 0.282 e. The zero-order valence-electron chi connectivity index (χ0n) is 9.85. The van der Waals surface area contributed by atoms with Crippen LogP contribution in [0.2, 0.25) is 5.02 Å². The molecule has 3 N–H and O–H groups in total. The second kappa shape index (κ2) is 6.32. The minimum atomic E-state index is -0.614. The minimum absolute atomic E-state index is 0.0420. The Balaban J connectivity index is 2.84. The lowest BCUT2D eigenvalue weighted by Gasteiger charge is -2.07. The van der Waals surface area contributed by atoms with Crippen LogP contribution in [0, 0.1) is 10.1 Å². The number of carbonyl (C=O) groups excluding carboxylic acids is 1. The fourth-order valence-corrected chi connectivity index (χ4v) is 1.53. The molecule has 98 valence electrons. The summed E-state index contributed by atoms with van der Waals surface area (Å²) >= 11 is 5.73. The largest absolute Gasteiger partial charge is 0.352 e. The van der Waals surface area contributed by atoms with Crippen LogP contribution in [0.25, 0.3) is 0 Å². The van der Waals surface area contributed by atoms with Crippen molar-refractivity contribution in [2.24, 2.45) is 5.73 Å². The summed E-state index contributed by atoms with van der Waals surface area (Å²) in [5.41, 5.74) is 5.23. The van der Waals surface area contributed by atoms with Gasteiger partial charge in [0.2, 0.25) is 0 Å². The fraction of sp³-hybridized carbons (Fsp3) is 0.364. The summed E-state index contributed by atoms with van der Waals surface area (Å²) in [6.07, 6.45) is 0.597. The van der Waals surface area contributed by atoms with Gasteiger partial charge in [-0.05, 0) is 25.5 Å². The second-order valence-corrected chi connectivity index (χ2v) is 4.38. The third kappa shape index (κ3) is 3.97.